The number of nitrogens with zero attached hydrogens (tertiary/aromatic N) is 1. The minimum atomic E-state index is 0.900. The molecule has 0 aliphatic heterocycles. The summed E-state index contributed by atoms with van der Waals surface area (Å²) in [6.07, 6.45) is 2.03. The molecule has 2 nitrogen and oxygen atoms in total. The Bertz CT molecular complexity index is 1940. The van der Waals surface area contributed by atoms with Gasteiger partial charge in [-0.2, -0.15) is 0 Å². The normalized spacial score (nSPS) is 11.5. The second-order valence-corrected chi connectivity index (χ2v) is 9.64. The van der Waals surface area contributed by atoms with Gasteiger partial charge in [0.1, 0.15) is 16.9 Å². The fourth-order valence-electron chi connectivity index (χ4n) is 5.42. The summed E-state index contributed by atoms with van der Waals surface area (Å²) in [5.74, 6) is 0. The molecule has 2 aromatic heterocycles. The number of fused-ring (bicyclic) bond motifs is 4. The molecule has 7 aromatic rings. The molecule has 2 heterocycles. The van der Waals surface area contributed by atoms with Crippen molar-refractivity contribution in [2.45, 2.75) is 6.92 Å². The van der Waals surface area contributed by atoms with E-state index in [0.29, 0.717) is 0 Å². The van der Waals surface area contributed by atoms with Crippen LogP contribution in [-0.2, 0) is 0 Å². The average Bonchev–Trinajstić information content (AvgIpc) is 3.29. The van der Waals surface area contributed by atoms with E-state index in [1.165, 1.54) is 27.5 Å². The van der Waals surface area contributed by atoms with E-state index in [0.717, 1.165) is 44.3 Å². The van der Waals surface area contributed by atoms with Gasteiger partial charge in [-0.05, 0) is 87.5 Å². The third-order valence-electron chi connectivity index (χ3n) is 7.34. The van der Waals surface area contributed by atoms with Gasteiger partial charge in [0.15, 0.2) is 0 Å². The van der Waals surface area contributed by atoms with Gasteiger partial charge in [-0.15, -0.1) is 0 Å². The lowest BCUT2D eigenvalue weighted by Crippen LogP contribution is -2.28. The third-order valence-corrected chi connectivity index (χ3v) is 7.34. The van der Waals surface area contributed by atoms with Crippen LogP contribution in [0.15, 0.2) is 126 Å². The summed E-state index contributed by atoms with van der Waals surface area (Å²) in [6.45, 7) is 2.14. The number of rotatable bonds is 3. The van der Waals surface area contributed by atoms with E-state index in [-0.39, 0.29) is 0 Å². The molecule has 0 saturated heterocycles. The molecular formula is C35H25NO. The molecule has 176 valence electrons. The zero-order valence-corrected chi connectivity index (χ0v) is 20.6. The Kier molecular flexibility index (Phi) is 4.87. The van der Waals surface area contributed by atoms with Gasteiger partial charge < -0.3 is 8.98 Å². The van der Waals surface area contributed by atoms with Crippen LogP contribution in [0.2, 0.25) is 0 Å². The molecule has 0 aliphatic carbocycles. The Labute approximate surface area is 216 Å². The summed E-state index contributed by atoms with van der Waals surface area (Å²) in [5, 5.41) is 4.72. The lowest BCUT2D eigenvalue weighted by atomic mass is 9.96. The highest BCUT2D eigenvalue weighted by atomic mass is 16.3. The number of hydrogen-bond donors (Lipinski definition) is 0. The summed E-state index contributed by atoms with van der Waals surface area (Å²) >= 11 is 0. The van der Waals surface area contributed by atoms with Crippen LogP contribution in [0.3, 0.4) is 0 Å². The summed E-state index contributed by atoms with van der Waals surface area (Å²) in [6, 6.07) is 40.7. The molecule has 2 heteroatoms. The SMILES string of the molecule is [CH2-][n+]1ccc(-c2ccccc2)cc1-c1cc2c(cc1C)oc1cc(-c3cccc4ccccc34)ccc12. The number of aryl methyl sites for hydroxylation is 1. The average molecular weight is 476 g/mol. The van der Waals surface area contributed by atoms with Gasteiger partial charge in [0.05, 0.1) is 6.20 Å². The Morgan fingerprint density at radius 1 is 0.568 bits per heavy atom. The fraction of sp³-hybridized carbons (Fsp3) is 0.0286. The molecule has 0 atom stereocenters. The molecule has 0 unspecified atom stereocenters. The van der Waals surface area contributed by atoms with E-state index in [1.807, 2.05) is 16.8 Å². The molecule has 0 amide bonds. The summed E-state index contributed by atoms with van der Waals surface area (Å²) < 4.78 is 8.35. The van der Waals surface area contributed by atoms with Crippen molar-refractivity contribution in [3.05, 3.63) is 134 Å². The fourth-order valence-corrected chi connectivity index (χ4v) is 5.42. The minimum Gasteiger partial charge on any atom is -0.456 e. The number of furan rings is 1. The van der Waals surface area contributed by atoms with Crippen molar-refractivity contribution >= 4 is 32.7 Å². The molecule has 37 heavy (non-hydrogen) atoms. The van der Waals surface area contributed by atoms with E-state index in [1.54, 1.807) is 0 Å². The topological polar surface area (TPSA) is 17.0 Å². The van der Waals surface area contributed by atoms with Gasteiger partial charge in [-0.25, -0.2) is 0 Å². The number of benzene rings is 5. The van der Waals surface area contributed by atoms with Gasteiger partial charge in [0.25, 0.3) is 0 Å². The van der Waals surface area contributed by atoms with Crippen molar-refractivity contribution < 1.29 is 8.98 Å². The van der Waals surface area contributed by atoms with Gasteiger partial charge in [0, 0.05) is 17.8 Å². The van der Waals surface area contributed by atoms with Gasteiger partial charge in [-0.3, -0.25) is 0 Å². The first-order valence-corrected chi connectivity index (χ1v) is 12.5. The van der Waals surface area contributed by atoms with Crippen molar-refractivity contribution in [2.24, 2.45) is 0 Å². The molecule has 0 fully saturated rings. The molecule has 5 aromatic carbocycles. The highest BCUT2D eigenvalue weighted by Gasteiger charge is 2.15. The van der Waals surface area contributed by atoms with Crippen molar-refractivity contribution in [3.63, 3.8) is 0 Å². The highest BCUT2D eigenvalue weighted by Crippen LogP contribution is 2.37. The maximum atomic E-state index is 6.40. The molecule has 0 saturated carbocycles. The second kappa shape index (κ2) is 8.39. The second-order valence-electron chi connectivity index (χ2n) is 9.64. The maximum absolute atomic E-state index is 6.40. The van der Waals surface area contributed by atoms with Gasteiger partial charge in [-0.1, -0.05) is 78.9 Å². The maximum Gasteiger partial charge on any atom is 0.136 e. The van der Waals surface area contributed by atoms with Gasteiger partial charge >= 0.3 is 0 Å². The van der Waals surface area contributed by atoms with Crippen LogP contribution in [0.1, 0.15) is 5.56 Å². The number of aromatic nitrogens is 1. The standard InChI is InChI=1S/C35H25NO/c1-23-19-34-32(22-31(23)33-20-26(17-18-36(33)2)24-9-4-3-5-10-24)30-16-15-27(21-35(30)37-34)29-14-8-12-25-11-6-7-13-28(25)29/h3-22H,2H2,1H3. The van der Waals surface area contributed by atoms with Crippen LogP contribution in [0, 0.1) is 14.0 Å². The van der Waals surface area contributed by atoms with Crippen molar-refractivity contribution in [1.82, 2.24) is 0 Å². The van der Waals surface area contributed by atoms with Crippen LogP contribution in [0.25, 0.3) is 66.2 Å². The van der Waals surface area contributed by atoms with Crippen LogP contribution in [0.4, 0.5) is 0 Å². The summed E-state index contributed by atoms with van der Waals surface area (Å²) in [7, 11) is 4.27. The highest BCUT2D eigenvalue weighted by molar-refractivity contribution is 6.08. The quantitative estimate of drug-likeness (QED) is 0.184. The van der Waals surface area contributed by atoms with E-state index in [4.69, 9.17) is 4.42 Å². The molecule has 0 spiro atoms. The zero-order chi connectivity index (χ0) is 24.9. The number of pyridine rings is 1. The first kappa shape index (κ1) is 21.5. The Balaban J connectivity index is 1.38. The molecule has 7 rings (SSSR count). The third kappa shape index (κ3) is 3.57. The van der Waals surface area contributed by atoms with Crippen LogP contribution < -0.4 is 4.57 Å². The summed E-state index contributed by atoms with van der Waals surface area (Å²) in [5.41, 5.74) is 9.93. The molecule has 0 N–H and O–H groups in total. The Morgan fingerprint density at radius 3 is 2.24 bits per heavy atom. The van der Waals surface area contributed by atoms with E-state index in [2.05, 4.69) is 123 Å². The first-order chi connectivity index (χ1) is 18.2. The van der Waals surface area contributed by atoms with Gasteiger partial charge in [0.2, 0.25) is 0 Å². The van der Waals surface area contributed by atoms with Crippen molar-refractivity contribution in [3.8, 4) is 33.5 Å². The van der Waals surface area contributed by atoms with Crippen molar-refractivity contribution in [1.29, 1.82) is 0 Å². The lowest BCUT2D eigenvalue weighted by molar-refractivity contribution is -0.600. The smallest absolute Gasteiger partial charge is 0.136 e. The van der Waals surface area contributed by atoms with Crippen molar-refractivity contribution in [2.75, 3.05) is 0 Å². The lowest BCUT2D eigenvalue weighted by Gasteiger charge is -2.13. The van der Waals surface area contributed by atoms with E-state index < -0.39 is 0 Å². The van der Waals surface area contributed by atoms with E-state index >= 15 is 0 Å². The largest absolute Gasteiger partial charge is 0.456 e. The Hall–Kier alpha value is -4.82. The molecule has 0 radical (unpaired) electrons. The minimum absolute atomic E-state index is 0.900. The zero-order valence-electron chi connectivity index (χ0n) is 20.6. The molecule has 0 bridgehead atoms. The summed E-state index contributed by atoms with van der Waals surface area (Å²) in [4.78, 5) is 0. The predicted molar refractivity (Wildman–Crippen MR) is 153 cm³/mol. The first-order valence-electron chi connectivity index (χ1n) is 12.5. The van der Waals surface area contributed by atoms with Crippen LogP contribution in [-0.4, -0.2) is 0 Å². The van der Waals surface area contributed by atoms with Crippen LogP contribution in [0.5, 0.6) is 0 Å². The predicted octanol–water partition coefficient (Wildman–Crippen LogP) is 8.98. The monoisotopic (exact) mass is 475 g/mol. The molecule has 0 aliphatic rings. The molecular weight excluding hydrogens is 450 g/mol. The number of hydrogen-bond acceptors (Lipinski definition) is 1. The van der Waals surface area contributed by atoms with E-state index in [9.17, 15) is 0 Å². The Morgan fingerprint density at radius 2 is 1.35 bits per heavy atom. The van der Waals surface area contributed by atoms with Crippen LogP contribution >= 0.6 is 0 Å².